The van der Waals surface area contributed by atoms with Crippen molar-refractivity contribution in [1.82, 2.24) is 9.03 Å². The molecule has 6 nitrogen and oxygen atoms in total. The van der Waals surface area contributed by atoms with Gasteiger partial charge in [-0.3, -0.25) is 4.79 Å². The van der Waals surface area contributed by atoms with Gasteiger partial charge in [0.05, 0.1) is 12.2 Å². The van der Waals surface area contributed by atoms with E-state index in [1.165, 1.54) is 35.7 Å². The van der Waals surface area contributed by atoms with E-state index in [1.807, 2.05) is 4.72 Å². The number of nitrogens with zero attached hydrogens (tertiary/aromatic N) is 1. The summed E-state index contributed by atoms with van der Waals surface area (Å²) in [6.45, 7) is 1.33. The van der Waals surface area contributed by atoms with E-state index in [0.717, 1.165) is 44.1 Å². The number of carbonyl (C=O) groups excluding carboxylic acids is 1. The van der Waals surface area contributed by atoms with Crippen LogP contribution in [0.2, 0.25) is 0 Å². The van der Waals surface area contributed by atoms with Crippen molar-refractivity contribution >= 4 is 16.1 Å². The minimum absolute atomic E-state index is 0.236. The fourth-order valence-corrected chi connectivity index (χ4v) is 5.52. The topological polar surface area (TPSA) is 75.7 Å². The molecular formula is C21H29FN2O4S. The minimum Gasteiger partial charge on any atom is -0.493 e. The third kappa shape index (κ3) is 4.91. The Bertz CT molecular complexity index is 858. The van der Waals surface area contributed by atoms with Crippen molar-refractivity contribution in [2.24, 2.45) is 5.92 Å². The van der Waals surface area contributed by atoms with E-state index in [0.29, 0.717) is 31.4 Å². The van der Waals surface area contributed by atoms with Gasteiger partial charge in [0.25, 0.3) is 5.91 Å². The van der Waals surface area contributed by atoms with E-state index >= 15 is 0 Å². The molecule has 160 valence electrons. The van der Waals surface area contributed by atoms with E-state index in [4.69, 9.17) is 4.74 Å². The van der Waals surface area contributed by atoms with Gasteiger partial charge < -0.3 is 4.74 Å². The Kier molecular flexibility index (Phi) is 6.11. The van der Waals surface area contributed by atoms with E-state index in [9.17, 15) is 17.6 Å². The minimum atomic E-state index is -3.94. The highest BCUT2D eigenvalue weighted by Crippen LogP contribution is 2.45. The molecular weight excluding hydrogens is 395 g/mol. The van der Waals surface area contributed by atoms with Crippen LogP contribution >= 0.6 is 0 Å². The first kappa shape index (κ1) is 20.6. The first-order valence-corrected chi connectivity index (χ1v) is 12.2. The highest BCUT2D eigenvalue weighted by atomic mass is 32.2. The number of ether oxygens (including phenoxy) is 1. The predicted octanol–water partition coefficient (Wildman–Crippen LogP) is 3.73. The highest BCUT2D eigenvalue weighted by molar-refractivity contribution is 7.87. The molecule has 0 bridgehead atoms. The number of hydrogen-bond acceptors (Lipinski definition) is 4. The molecule has 1 N–H and O–H groups in total. The van der Waals surface area contributed by atoms with Crippen molar-refractivity contribution in [3.63, 3.8) is 0 Å². The molecule has 1 heterocycles. The average Bonchev–Trinajstić information content (AvgIpc) is 3.38. The van der Waals surface area contributed by atoms with Crippen molar-refractivity contribution in [3.05, 3.63) is 29.1 Å². The maximum absolute atomic E-state index is 14.7. The van der Waals surface area contributed by atoms with Gasteiger partial charge in [0, 0.05) is 19.2 Å². The third-order valence-electron chi connectivity index (χ3n) is 6.19. The van der Waals surface area contributed by atoms with Crippen molar-refractivity contribution in [2.75, 3.05) is 19.7 Å². The molecule has 2 saturated carbocycles. The lowest BCUT2D eigenvalue weighted by Gasteiger charge is -2.23. The van der Waals surface area contributed by atoms with Crippen molar-refractivity contribution in [3.8, 4) is 5.75 Å². The van der Waals surface area contributed by atoms with Gasteiger partial charge >= 0.3 is 10.2 Å². The Balaban J connectivity index is 1.50. The molecule has 1 saturated heterocycles. The maximum atomic E-state index is 14.7. The van der Waals surface area contributed by atoms with Crippen LogP contribution in [0.3, 0.4) is 0 Å². The molecule has 3 fully saturated rings. The van der Waals surface area contributed by atoms with Crippen LogP contribution in [0.1, 0.15) is 79.6 Å². The molecule has 0 atom stereocenters. The summed E-state index contributed by atoms with van der Waals surface area (Å²) in [5, 5.41) is 0. The van der Waals surface area contributed by atoms with E-state index in [-0.39, 0.29) is 11.5 Å². The van der Waals surface area contributed by atoms with E-state index < -0.39 is 21.9 Å². The Labute approximate surface area is 172 Å². The Morgan fingerprint density at radius 2 is 1.76 bits per heavy atom. The number of nitrogens with one attached hydrogen (secondary N) is 1. The summed E-state index contributed by atoms with van der Waals surface area (Å²) in [6, 6.07) is 2.74. The van der Waals surface area contributed by atoms with Gasteiger partial charge in [-0.2, -0.15) is 12.7 Å². The molecule has 1 aromatic carbocycles. The fourth-order valence-electron chi connectivity index (χ4n) is 4.31. The van der Waals surface area contributed by atoms with Crippen LogP contribution in [0.15, 0.2) is 12.1 Å². The van der Waals surface area contributed by atoms with Crippen LogP contribution in [0, 0.1) is 11.7 Å². The zero-order valence-corrected chi connectivity index (χ0v) is 17.5. The number of rotatable bonds is 7. The standard InChI is InChI=1S/C21H29FN2O4S/c22-19-13-20(28-14-15-6-2-1-3-7-15)17(16-8-9-16)12-18(19)21(25)23-29(26,27)24-10-4-5-11-24/h12-13,15-16H,1-11,14H2,(H,23,25). The quantitative estimate of drug-likeness (QED) is 0.724. The van der Waals surface area contributed by atoms with E-state index in [2.05, 4.69) is 0 Å². The highest BCUT2D eigenvalue weighted by Gasteiger charge is 2.32. The van der Waals surface area contributed by atoms with Crippen LogP contribution in [0.4, 0.5) is 4.39 Å². The van der Waals surface area contributed by atoms with E-state index in [1.54, 1.807) is 0 Å². The average molecular weight is 425 g/mol. The van der Waals surface area contributed by atoms with Gasteiger partial charge in [0.15, 0.2) is 0 Å². The molecule has 4 rings (SSSR count). The molecule has 29 heavy (non-hydrogen) atoms. The number of carbonyl (C=O) groups is 1. The second-order valence-corrected chi connectivity index (χ2v) is 10.2. The Morgan fingerprint density at radius 1 is 1.07 bits per heavy atom. The second-order valence-electron chi connectivity index (χ2n) is 8.50. The number of hydrogen-bond donors (Lipinski definition) is 1. The summed E-state index contributed by atoms with van der Waals surface area (Å²) < 4.78 is 48.7. The number of benzene rings is 1. The van der Waals surface area contributed by atoms with Gasteiger partial charge in [0.2, 0.25) is 0 Å². The van der Waals surface area contributed by atoms with Crippen molar-refractivity contribution in [2.45, 2.75) is 63.7 Å². The summed E-state index contributed by atoms with van der Waals surface area (Å²) in [5.41, 5.74) is 0.575. The first-order chi connectivity index (χ1) is 13.9. The maximum Gasteiger partial charge on any atom is 0.304 e. The SMILES string of the molecule is O=C(NS(=O)(=O)N1CCCC1)c1cc(C2CC2)c(OCC2CCCCC2)cc1F. The fraction of sp³-hybridized carbons (Fsp3) is 0.667. The zero-order chi connectivity index (χ0) is 20.4. The van der Waals surface area contributed by atoms with Crippen LogP contribution < -0.4 is 9.46 Å². The molecule has 0 radical (unpaired) electrons. The normalized spacial score (nSPS) is 21.3. The molecule has 1 aliphatic heterocycles. The lowest BCUT2D eigenvalue weighted by atomic mass is 9.90. The second kappa shape index (κ2) is 8.60. The van der Waals surface area contributed by atoms with Crippen LogP contribution in [0.25, 0.3) is 0 Å². The van der Waals surface area contributed by atoms with Crippen LogP contribution in [-0.2, 0) is 10.2 Å². The predicted molar refractivity (Wildman–Crippen MR) is 108 cm³/mol. The summed E-state index contributed by atoms with van der Waals surface area (Å²) in [4.78, 5) is 12.6. The molecule has 2 aliphatic carbocycles. The van der Waals surface area contributed by atoms with Crippen molar-refractivity contribution in [1.29, 1.82) is 0 Å². The van der Waals surface area contributed by atoms with Gasteiger partial charge in [0.1, 0.15) is 11.6 Å². The summed E-state index contributed by atoms with van der Waals surface area (Å²) >= 11 is 0. The van der Waals surface area contributed by atoms with Gasteiger partial charge in [-0.1, -0.05) is 19.3 Å². The molecule has 0 spiro atoms. The third-order valence-corrected chi connectivity index (χ3v) is 7.68. The molecule has 3 aliphatic rings. The summed E-state index contributed by atoms with van der Waals surface area (Å²) in [5.74, 6) is -0.432. The number of amides is 1. The lowest BCUT2D eigenvalue weighted by molar-refractivity contribution is 0.0975. The smallest absolute Gasteiger partial charge is 0.304 e. The molecule has 1 amide bonds. The monoisotopic (exact) mass is 424 g/mol. The Hall–Kier alpha value is -1.67. The van der Waals surface area contributed by atoms with Crippen molar-refractivity contribution < 1.29 is 22.3 Å². The Morgan fingerprint density at radius 3 is 2.41 bits per heavy atom. The molecule has 0 unspecified atom stereocenters. The van der Waals surface area contributed by atoms with Gasteiger partial charge in [-0.15, -0.1) is 0 Å². The molecule has 8 heteroatoms. The van der Waals surface area contributed by atoms with Crippen LogP contribution in [0.5, 0.6) is 5.75 Å². The zero-order valence-electron chi connectivity index (χ0n) is 16.7. The largest absolute Gasteiger partial charge is 0.493 e. The van der Waals surface area contributed by atoms with Crippen LogP contribution in [-0.4, -0.2) is 38.3 Å². The lowest BCUT2D eigenvalue weighted by Crippen LogP contribution is -2.42. The van der Waals surface area contributed by atoms with Gasteiger partial charge in [-0.25, -0.2) is 9.11 Å². The van der Waals surface area contributed by atoms with Gasteiger partial charge in [-0.05, 0) is 62.0 Å². The molecule has 1 aromatic rings. The summed E-state index contributed by atoms with van der Waals surface area (Å²) in [6.07, 6.45) is 9.43. The first-order valence-electron chi connectivity index (χ1n) is 10.7. The number of halogens is 1. The molecule has 0 aromatic heterocycles. The summed E-state index contributed by atoms with van der Waals surface area (Å²) in [7, 11) is -3.94.